The number of ether oxygens (including phenoxy) is 2. The minimum atomic E-state index is -4.59. The van der Waals surface area contributed by atoms with Crippen molar-refractivity contribution in [2.75, 3.05) is 38.7 Å². The number of anilines is 1. The molecule has 1 atom stereocenters. The van der Waals surface area contributed by atoms with Crippen molar-refractivity contribution >= 4 is 11.6 Å². The number of likely N-dealkylation sites (tertiary alicyclic amines) is 1. The molecule has 0 radical (unpaired) electrons. The summed E-state index contributed by atoms with van der Waals surface area (Å²) in [6, 6.07) is 7.15. The first-order valence-corrected chi connectivity index (χ1v) is 13.2. The van der Waals surface area contributed by atoms with E-state index in [-0.39, 0.29) is 24.1 Å². The normalized spacial score (nSPS) is 20.1. The van der Waals surface area contributed by atoms with Crippen LogP contribution in [0.3, 0.4) is 0 Å². The van der Waals surface area contributed by atoms with Gasteiger partial charge in [-0.15, -0.1) is 0 Å². The Labute approximate surface area is 233 Å². The maximum absolute atomic E-state index is 14.2. The lowest BCUT2D eigenvalue weighted by Gasteiger charge is -2.43. The van der Waals surface area contributed by atoms with Crippen LogP contribution >= 0.6 is 0 Å². The second-order valence-corrected chi connectivity index (χ2v) is 9.99. The zero-order valence-corrected chi connectivity index (χ0v) is 22.5. The van der Waals surface area contributed by atoms with E-state index in [2.05, 4.69) is 20.3 Å². The molecule has 0 aliphatic carbocycles. The average molecular weight is 577 g/mol. The minimum absolute atomic E-state index is 0.0130. The second-order valence-electron chi connectivity index (χ2n) is 9.99. The molecule has 3 aromatic rings. The highest BCUT2D eigenvalue weighted by atomic mass is 19.4. The average Bonchev–Trinajstić information content (AvgIpc) is 2.93. The lowest BCUT2D eigenvalue weighted by atomic mass is 9.81. The van der Waals surface area contributed by atoms with Crippen LogP contribution in [0.5, 0.6) is 5.88 Å². The maximum atomic E-state index is 14.2. The number of halogens is 5. The van der Waals surface area contributed by atoms with Crippen LogP contribution in [0.2, 0.25) is 0 Å². The number of benzene rings is 1. The van der Waals surface area contributed by atoms with E-state index in [1.165, 1.54) is 30.3 Å². The largest absolute Gasteiger partial charge is 0.474 e. The van der Waals surface area contributed by atoms with Crippen molar-refractivity contribution in [1.82, 2.24) is 19.9 Å². The van der Waals surface area contributed by atoms with Gasteiger partial charge < -0.3 is 19.7 Å². The Morgan fingerprint density at radius 1 is 1.12 bits per heavy atom. The Kier molecular flexibility index (Phi) is 8.07. The highest BCUT2D eigenvalue weighted by Gasteiger charge is 2.45. The number of nitrogens with zero attached hydrogens (tertiary/aromatic N) is 5. The third kappa shape index (κ3) is 6.09. The number of alkyl halides is 3. The fraction of sp³-hybridized carbons (Fsp3) is 0.429. The molecule has 8 nitrogen and oxygen atoms in total. The molecule has 4 heterocycles. The number of para-hydroxylation sites is 1. The standard InChI is InChI=1S/C28H29F5N6O2/c1-17-35-15-19(27(11-14-41-27)16-40-23-8-4-7-22(37-23)28(31,32)33)24(36-17)18-9-12-39(13-10-18)26(34-2)38-25-20(29)5-3-6-21(25)30/h3-8,15,18H,9-14,16H2,1-2H3,(H,34,38). The summed E-state index contributed by atoms with van der Waals surface area (Å²) in [5, 5.41) is 2.79. The van der Waals surface area contributed by atoms with Crippen molar-refractivity contribution < 1.29 is 31.4 Å². The number of hydrogen-bond donors (Lipinski definition) is 1. The Balaban J connectivity index is 1.31. The first-order valence-electron chi connectivity index (χ1n) is 13.2. The van der Waals surface area contributed by atoms with E-state index >= 15 is 0 Å². The van der Waals surface area contributed by atoms with Gasteiger partial charge in [-0.25, -0.2) is 23.7 Å². The molecule has 0 bridgehead atoms. The summed E-state index contributed by atoms with van der Waals surface area (Å²) in [5.74, 6) is -0.631. The summed E-state index contributed by atoms with van der Waals surface area (Å²) in [7, 11) is 1.55. The van der Waals surface area contributed by atoms with Crippen LogP contribution in [0.25, 0.3) is 0 Å². The van der Waals surface area contributed by atoms with Crippen molar-refractivity contribution in [1.29, 1.82) is 0 Å². The van der Waals surface area contributed by atoms with Crippen LogP contribution < -0.4 is 10.1 Å². The molecule has 1 N–H and O–H groups in total. The molecular formula is C28H29F5N6O2. The molecule has 0 spiro atoms. The van der Waals surface area contributed by atoms with E-state index in [1.54, 1.807) is 20.2 Å². The highest BCUT2D eigenvalue weighted by molar-refractivity contribution is 5.93. The number of piperidine rings is 1. The van der Waals surface area contributed by atoms with Gasteiger partial charge in [0.1, 0.15) is 41.0 Å². The summed E-state index contributed by atoms with van der Waals surface area (Å²) in [5.41, 5.74) is -0.692. The number of aliphatic imine (C=N–C) groups is 1. The minimum Gasteiger partial charge on any atom is -0.474 e. The predicted octanol–water partition coefficient (Wildman–Crippen LogP) is 5.45. The molecule has 2 aliphatic heterocycles. The number of aromatic nitrogens is 3. The van der Waals surface area contributed by atoms with Crippen LogP contribution in [0.4, 0.5) is 27.6 Å². The van der Waals surface area contributed by atoms with Crippen molar-refractivity contribution in [2.24, 2.45) is 4.99 Å². The number of hydrogen-bond acceptors (Lipinski definition) is 6. The van der Waals surface area contributed by atoms with Gasteiger partial charge >= 0.3 is 6.18 Å². The Hall–Kier alpha value is -3.87. The van der Waals surface area contributed by atoms with Crippen molar-refractivity contribution in [2.45, 2.75) is 43.9 Å². The van der Waals surface area contributed by atoms with E-state index < -0.39 is 29.1 Å². The SMILES string of the molecule is CN=C(Nc1c(F)cccc1F)N1CCC(c2nc(C)ncc2C2(COc3cccc(C(F)(F)F)n3)CCO2)CC1. The Morgan fingerprint density at radius 3 is 2.41 bits per heavy atom. The quantitative estimate of drug-likeness (QED) is 0.237. The Bertz CT molecular complexity index is 1400. The molecule has 2 aliphatic rings. The first kappa shape index (κ1) is 28.7. The van der Waals surface area contributed by atoms with E-state index in [4.69, 9.17) is 14.5 Å². The number of rotatable bonds is 6. The lowest BCUT2D eigenvalue weighted by Crippen LogP contribution is -2.48. The van der Waals surface area contributed by atoms with Crippen LogP contribution in [-0.4, -0.2) is 59.2 Å². The van der Waals surface area contributed by atoms with E-state index in [1.807, 2.05) is 4.90 Å². The summed E-state index contributed by atoms with van der Waals surface area (Å²) in [6.45, 7) is 3.28. The smallest absolute Gasteiger partial charge is 0.433 e. The maximum Gasteiger partial charge on any atom is 0.433 e. The van der Waals surface area contributed by atoms with Gasteiger partial charge in [-0.05, 0) is 38.0 Å². The lowest BCUT2D eigenvalue weighted by molar-refractivity contribution is -0.174. The van der Waals surface area contributed by atoms with Gasteiger partial charge in [-0.1, -0.05) is 12.1 Å². The predicted molar refractivity (Wildman–Crippen MR) is 141 cm³/mol. The van der Waals surface area contributed by atoms with Crippen LogP contribution in [0.15, 0.2) is 47.6 Å². The first-order chi connectivity index (χ1) is 19.6. The van der Waals surface area contributed by atoms with Gasteiger partial charge in [0.2, 0.25) is 5.88 Å². The number of pyridine rings is 1. The van der Waals surface area contributed by atoms with Crippen molar-refractivity contribution in [3.05, 3.63) is 77.0 Å². The van der Waals surface area contributed by atoms with E-state index in [0.717, 1.165) is 17.3 Å². The van der Waals surface area contributed by atoms with Crippen LogP contribution in [0, 0.1) is 18.6 Å². The fourth-order valence-corrected chi connectivity index (χ4v) is 5.12. The molecule has 5 rings (SSSR count). The Morgan fingerprint density at radius 2 is 1.80 bits per heavy atom. The molecule has 2 saturated heterocycles. The third-order valence-corrected chi connectivity index (χ3v) is 7.37. The molecule has 2 fully saturated rings. The third-order valence-electron chi connectivity index (χ3n) is 7.37. The number of nitrogens with one attached hydrogen (secondary N) is 1. The molecule has 13 heteroatoms. The molecule has 0 saturated carbocycles. The van der Waals surface area contributed by atoms with Gasteiger partial charge in [0.05, 0.1) is 12.3 Å². The van der Waals surface area contributed by atoms with Gasteiger partial charge in [-0.3, -0.25) is 4.99 Å². The molecule has 1 unspecified atom stereocenters. The van der Waals surface area contributed by atoms with Gasteiger partial charge in [0.25, 0.3) is 0 Å². The number of guanidine groups is 1. The molecule has 1 aromatic carbocycles. The summed E-state index contributed by atoms with van der Waals surface area (Å²) < 4.78 is 79.5. The summed E-state index contributed by atoms with van der Waals surface area (Å²) in [6.07, 6.45) is -0.979. The second kappa shape index (κ2) is 11.6. The molecule has 218 valence electrons. The zero-order chi connectivity index (χ0) is 29.2. The monoisotopic (exact) mass is 576 g/mol. The molecule has 0 amide bonds. The van der Waals surface area contributed by atoms with Crippen molar-refractivity contribution in [3.63, 3.8) is 0 Å². The fourth-order valence-electron chi connectivity index (χ4n) is 5.12. The van der Waals surface area contributed by atoms with Gasteiger partial charge in [0, 0.05) is 50.3 Å². The van der Waals surface area contributed by atoms with E-state index in [0.29, 0.717) is 50.7 Å². The highest BCUT2D eigenvalue weighted by Crippen LogP contribution is 2.42. The van der Waals surface area contributed by atoms with E-state index in [9.17, 15) is 22.0 Å². The summed E-state index contributed by atoms with van der Waals surface area (Å²) >= 11 is 0. The molecular weight excluding hydrogens is 547 g/mol. The molecule has 2 aromatic heterocycles. The van der Waals surface area contributed by atoms with Gasteiger partial charge in [-0.2, -0.15) is 13.2 Å². The zero-order valence-electron chi connectivity index (χ0n) is 22.5. The topological polar surface area (TPSA) is 84.8 Å². The van der Waals surface area contributed by atoms with Crippen molar-refractivity contribution in [3.8, 4) is 5.88 Å². The summed E-state index contributed by atoms with van der Waals surface area (Å²) in [4.78, 5) is 18.9. The van der Waals surface area contributed by atoms with Gasteiger partial charge in [0.15, 0.2) is 5.96 Å². The van der Waals surface area contributed by atoms with Crippen LogP contribution in [-0.2, 0) is 16.5 Å². The van der Waals surface area contributed by atoms with Crippen LogP contribution in [0.1, 0.15) is 48.0 Å². The number of aryl methyl sites for hydroxylation is 1. The molecule has 41 heavy (non-hydrogen) atoms.